The van der Waals surface area contributed by atoms with Crippen molar-refractivity contribution in [2.24, 2.45) is 0 Å². The van der Waals surface area contributed by atoms with Crippen molar-refractivity contribution >= 4 is 21.2 Å². The van der Waals surface area contributed by atoms with Gasteiger partial charge in [0.2, 0.25) is 0 Å². The molecular formula is C8H12OSe. The van der Waals surface area contributed by atoms with Crippen LogP contribution < -0.4 is 0 Å². The third-order valence-electron chi connectivity index (χ3n) is 1.85. The van der Waals surface area contributed by atoms with Gasteiger partial charge in [-0.15, -0.1) is 0 Å². The maximum atomic E-state index is 10.5. The summed E-state index contributed by atoms with van der Waals surface area (Å²) in [6.45, 7) is 0. The predicted octanol–water partition coefficient (Wildman–Crippen LogP) is 1.77. The first-order chi connectivity index (χ1) is 4.88. The molecule has 0 aromatic heterocycles. The third kappa shape index (κ3) is 1.71. The van der Waals surface area contributed by atoms with Crippen LogP contribution >= 0.6 is 0 Å². The molecule has 1 aliphatic carbocycles. The molecule has 0 fully saturated rings. The van der Waals surface area contributed by atoms with Crippen LogP contribution in [0.4, 0.5) is 0 Å². The molecule has 0 unspecified atom stereocenters. The van der Waals surface area contributed by atoms with E-state index in [2.05, 4.69) is 5.82 Å². The molecular weight excluding hydrogens is 191 g/mol. The molecule has 56 valence electrons. The Morgan fingerprint density at radius 1 is 1.40 bits per heavy atom. The van der Waals surface area contributed by atoms with Crippen molar-refractivity contribution in [1.29, 1.82) is 0 Å². The number of aldehydes is 1. The van der Waals surface area contributed by atoms with Crippen LogP contribution in [0, 0.1) is 0 Å². The summed E-state index contributed by atoms with van der Waals surface area (Å²) in [6, 6.07) is 0. The number of carbonyl (C=O) groups is 1. The van der Waals surface area contributed by atoms with Gasteiger partial charge in [-0.3, -0.25) is 0 Å². The summed E-state index contributed by atoms with van der Waals surface area (Å²) in [5.74, 6) is 2.19. The normalized spacial score (nSPS) is 19.3. The molecule has 0 radical (unpaired) electrons. The number of hydrogen-bond donors (Lipinski definition) is 0. The van der Waals surface area contributed by atoms with E-state index in [1.807, 2.05) is 0 Å². The van der Waals surface area contributed by atoms with E-state index >= 15 is 0 Å². The topological polar surface area (TPSA) is 17.1 Å². The first-order valence-electron chi connectivity index (χ1n) is 3.59. The molecule has 0 heterocycles. The van der Waals surface area contributed by atoms with Crippen LogP contribution in [-0.4, -0.2) is 21.2 Å². The van der Waals surface area contributed by atoms with Crippen molar-refractivity contribution in [2.45, 2.75) is 31.5 Å². The summed E-state index contributed by atoms with van der Waals surface area (Å²) in [7, 11) is 0. The molecule has 1 rings (SSSR count). The van der Waals surface area contributed by atoms with Crippen LogP contribution in [0.3, 0.4) is 0 Å². The van der Waals surface area contributed by atoms with Gasteiger partial charge in [-0.05, 0) is 0 Å². The first-order valence-corrected chi connectivity index (χ1v) is 6.16. The predicted molar refractivity (Wildman–Crippen MR) is 43.2 cm³/mol. The van der Waals surface area contributed by atoms with Gasteiger partial charge in [0.05, 0.1) is 0 Å². The summed E-state index contributed by atoms with van der Waals surface area (Å²) in [4.78, 5) is 10.5. The molecule has 0 saturated heterocycles. The van der Waals surface area contributed by atoms with Gasteiger partial charge in [0.1, 0.15) is 0 Å². The monoisotopic (exact) mass is 204 g/mol. The SMILES string of the molecule is C[Se]C1=C(C=O)CCCC1. The van der Waals surface area contributed by atoms with Crippen LogP contribution in [0.2, 0.25) is 5.82 Å². The van der Waals surface area contributed by atoms with E-state index in [0.717, 1.165) is 18.3 Å². The van der Waals surface area contributed by atoms with Gasteiger partial charge in [-0.25, -0.2) is 0 Å². The van der Waals surface area contributed by atoms with Crippen LogP contribution in [0.25, 0.3) is 0 Å². The minimum absolute atomic E-state index is 0.566. The van der Waals surface area contributed by atoms with Gasteiger partial charge in [0, 0.05) is 0 Å². The fourth-order valence-electron chi connectivity index (χ4n) is 1.26. The average molecular weight is 203 g/mol. The molecule has 0 atom stereocenters. The summed E-state index contributed by atoms with van der Waals surface area (Å²) in [5, 5.41) is 0. The molecule has 10 heavy (non-hydrogen) atoms. The number of allylic oxidation sites excluding steroid dienone is 2. The summed E-state index contributed by atoms with van der Waals surface area (Å²) >= 11 is 0.566. The Kier molecular flexibility index (Phi) is 3.17. The molecule has 0 spiro atoms. The van der Waals surface area contributed by atoms with Crippen molar-refractivity contribution in [3.05, 3.63) is 10.0 Å². The number of hydrogen-bond acceptors (Lipinski definition) is 1. The van der Waals surface area contributed by atoms with Crippen molar-refractivity contribution in [2.75, 3.05) is 0 Å². The Morgan fingerprint density at radius 3 is 2.60 bits per heavy atom. The maximum absolute atomic E-state index is 10.5. The van der Waals surface area contributed by atoms with E-state index in [1.165, 1.54) is 23.7 Å². The summed E-state index contributed by atoms with van der Waals surface area (Å²) in [5.41, 5.74) is 1.11. The molecule has 1 aliphatic rings. The summed E-state index contributed by atoms with van der Waals surface area (Å²) in [6.07, 6.45) is 5.79. The fourth-order valence-corrected chi connectivity index (χ4v) is 2.86. The zero-order valence-corrected chi connectivity index (χ0v) is 7.94. The number of carbonyl (C=O) groups excluding carboxylic acids is 1. The van der Waals surface area contributed by atoms with E-state index < -0.39 is 0 Å². The molecule has 0 aliphatic heterocycles. The number of rotatable bonds is 2. The van der Waals surface area contributed by atoms with Gasteiger partial charge in [-0.2, -0.15) is 0 Å². The van der Waals surface area contributed by atoms with Gasteiger partial charge >= 0.3 is 67.6 Å². The second-order valence-corrected chi connectivity index (χ2v) is 4.37. The van der Waals surface area contributed by atoms with E-state index in [-0.39, 0.29) is 0 Å². The van der Waals surface area contributed by atoms with Crippen LogP contribution in [0.15, 0.2) is 10.0 Å². The van der Waals surface area contributed by atoms with Crippen molar-refractivity contribution < 1.29 is 4.79 Å². The fraction of sp³-hybridized carbons (Fsp3) is 0.625. The minimum atomic E-state index is 0.566. The Hall–Kier alpha value is -0.0705. The second-order valence-electron chi connectivity index (χ2n) is 2.48. The van der Waals surface area contributed by atoms with E-state index in [4.69, 9.17) is 0 Å². The zero-order valence-electron chi connectivity index (χ0n) is 6.22. The van der Waals surface area contributed by atoms with Crippen LogP contribution in [0.1, 0.15) is 25.7 Å². The first kappa shape index (κ1) is 8.03. The molecule has 0 amide bonds. The molecule has 0 saturated carbocycles. The molecule has 0 bridgehead atoms. The standard InChI is InChI=1S/C8H12OSe/c1-10-8-5-3-2-4-7(8)6-9/h6H,2-5H2,1H3. The second kappa shape index (κ2) is 3.95. The van der Waals surface area contributed by atoms with E-state index in [1.54, 1.807) is 0 Å². The van der Waals surface area contributed by atoms with Gasteiger partial charge in [0.15, 0.2) is 0 Å². The Bertz CT molecular complexity index is 161. The zero-order chi connectivity index (χ0) is 7.40. The van der Waals surface area contributed by atoms with Crippen LogP contribution in [-0.2, 0) is 4.79 Å². The summed E-state index contributed by atoms with van der Waals surface area (Å²) < 4.78 is 1.45. The van der Waals surface area contributed by atoms with Crippen molar-refractivity contribution in [3.8, 4) is 0 Å². The Morgan fingerprint density at radius 2 is 2.10 bits per heavy atom. The molecule has 2 heteroatoms. The van der Waals surface area contributed by atoms with E-state index in [9.17, 15) is 4.79 Å². The van der Waals surface area contributed by atoms with Gasteiger partial charge in [-0.1, -0.05) is 0 Å². The third-order valence-corrected chi connectivity index (χ3v) is 3.86. The molecule has 0 aromatic carbocycles. The molecule has 1 nitrogen and oxygen atoms in total. The van der Waals surface area contributed by atoms with Crippen LogP contribution in [0.5, 0.6) is 0 Å². The Balaban J connectivity index is 2.72. The molecule has 0 aromatic rings. The van der Waals surface area contributed by atoms with Gasteiger partial charge < -0.3 is 0 Å². The van der Waals surface area contributed by atoms with Gasteiger partial charge in [0.25, 0.3) is 0 Å². The Labute approximate surface area is 68.0 Å². The van der Waals surface area contributed by atoms with E-state index in [0.29, 0.717) is 15.0 Å². The average Bonchev–Trinajstić information content (AvgIpc) is 2.04. The molecule has 0 N–H and O–H groups in total. The van der Waals surface area contributed by atoms with Crippen molar-refractivity contribution in [3.63, 3.8) is 0 Å². The van der Waals surface area contributed by atoms with Crippen molar-refractivity contribution in [1.82, 2.24) is 0 Å². The quantitative estimate of drug-likeness (QED) is 0.493.